The van der Waals surface area contributed by atoms with Crippen LogP contribution in [-0.4, -0.2) is 47.9 Å². The van der Waals surface area contributed by atoms with Gasteiger partial charge in [-0.15, -0.1) is 0 Å². The fraction of sp³-hybridized carbons (Fsp3) is 0.278. The van der Waals surface area contributed by atoms with Crippen LogP contribution in [0.4, 0.5) is 5.69 Å². The van der Waals surface area contributed by atoms with Crippen molar-refractivity contribution < 1.29 is 23.9 Å². The second kappa shape index (κ2) is 8.14. The second-order valence-electron chi connectivity index (χ2n) is 5.48. The van der Waals surface area contributed by atoms with Crippen LogP contribution in [0.15, 0.2) is 47.1 Å². The summed E-state index contributed by atoms with van der Waals surface area (Å²) in [4.78, 5) is 38.9. The zero-order valence-electron chi connectivity index (χ0n) is 14.1. The number of carboxylic acids is 1. The normalized spacial score (nSPS) is 10.3. The van der Waals surface area contributed by atoms with Crippen LogP contribution in [0.1, 0.15) is 34.3 Å². The Balaban J connectivity index is 2.34. The lowest BCUT2D eigenvalue weighted by Crippen LogP contribution is -2.37. The maximum absolute atomic E-state index is 12.8. The topological polar surface area (TPSA) is 91.1 Å². The summed E-state index contributed by atoms with van der Waals surface area (Å²) in [6.45, 7) is 1.78. The summed E-state index contributed by atoms with van der Waals surface area (Å²) in [7, 11) is 1.54. The van der Waals surface area contributed by atoms with Gasteiger partial charge in [-0.1, -0.05) is 19.1 Å². The van der Waals surface area contributed by atoms with Gasteiger partial charge in [-0.05, 0) is 30.7 Å². The molecule has 1 aromatic heterocycles. The van der Waals surface area contributed by atoms with Gasteiger partial charge >= 0.3 is 5.97 Å². The molecule has 1 aromatic carbocycles. The number of rotatable bonds is 7. The van der Waals surface area contributed by atoms with Gasteiger partial charge in [0.15, 0.2) is 5.76 Å². The van der Waals surface area contributed by atoms with E-state index in [4.69, 9.17) is 9.52 Å². The smallest absolute Gasteiger partial charge is 0.323 e. The summed E-state index contributed by atoms with van der Waals surface area (Å²) in [5.74, 6) is -1.76. The van der Waals surface area contributed by atoms with Gasteiger partial charge in [0.05, 0.1) is 17.5 Å². The maximum atomic E-state index is 12.8. The average molecular weight is 344 g/mol. The van der Waals surface area contributed by atoms with E-state index in [0.717, 1.165) is 0 Å². The van der Waals surface area contributed by atoms with Gasteiger partial charge in [-0.25, -0.2) is 0 Å². The van der Waals surface area contributed by atoms with Gasteiger partial charge < -0.3 is 19.3 Å². The molecule has 0 radical (unpaired) electrons. The zero-order valence-corrected chi connectivity index (χ0v) is 14.1. The highest BCUT2D eigenvalue weighted by molar-refractivity contribution is 6.09. The molecule has 2 rings (SSSR count). The van der Waals surface area contributed by atoms with Crippen molar-refractivity contribution in [3.8, 4) is 0 Å². The van der Waals surface area contributed by atoms with Gasteiger partial charge in [-0.3, -0.25) is 14.4 Å². The second-order valence-corrected chi connectivity index (χ2v) is 5.48. The molecule has 132 valence electrons. The van der Waals surface area contributed by atoms with Gasteiger partial charge in [-0.2, -0.15) is 0 Å². The number of furan rings is 1. The lowest BCUT2D eigenvalue weighted by molar-refractivity contribution is -0.137. The third kappa shape index (κ3) is 4.26. The minimum absolute atomic E-state index is 0.153. The fourth-order valence-electron chi connectivity index (χ4n) is 2.48. The van der Waals surface area contributed by atoms with E-state index in [1.807, 2.05) is 6.92 Å². The van der Waals surface area contributed by atoms with E-state index in [2.05, 4.69) is 0 Å². The molecule has 0 atom stereocenters. The molecule has 7 nitrogen and oxygen atoms in total. The van der Waals surface area contributed by atoms with E-state index in [1.54, 1.807) is 37.4 Å². The van der Waals surface area contributed by atoms with Gasteiger partial charge in [0.25, 0.3) is 11.8 Å². The fourth-order valence-corrected chi connectivity index (χ4v) is 2.48. The number of carbonyl (C=O) groups is 3. The highest BCUT2D eigenvalue weighted by Gasteiger charge is 2.24. The molecule has 1 N–H and O–H groups in total. The molecule has 0 saturated carbocycles. The van der Waals surface area contributed by atoms with Crippen LogP contribution in [0.25, 0.3) is 0 Å². The Labute approximate surface area is 145 Å². The van der Waals surface area contributed by atoms with Gasteiger partial charge in [0, 0.05) is 13.6 Å². The Morgan fingerprint density at radius 3 is 2.40 bits per heavy atom. The van der Waals surface area contributed by atoms with Crippen molar-refractivity contribution in [3.05, 3.63) is 54.0 Å². The van der Waals surface area contributed by atoms with E-state index in [0.29, 0.717) is 18.7 Å². The Bertz CT molecular complexity index is 755. The van der Waals surface area contributed by atoms with Crippen LogP contribution in [0.2, 0.25) is 0 Å². The quantitative estimate of drug-likeness (QED) is 0.833. The Morgan fingerprint density at radius 1 is 1.08 bits per heavy atom. The lowest BCUT2D eigenvalue weighted by atomic mass is 10.1. The molecule has 0 bridgehead atoms. The largest absolute Gasteiger partial charge is 0.480 e. The number of amides is 2. The zero-order chi connectivity index (χ0) is 18.4. The maximum Gasteiger partial charge on any atom is 0.323 e. The number of anilines is 1. The summed E-state index contributed by atoms with van der Waals surface area (Å²) in [6.07, 6.45) is 2.02. The number of carboxylic acid groups (broad SMARTS) is 1. The predicted molar refractivity (Wildman–Crippen MR) is 91.7 cm³/mol. The Morgan fingerprint density at radius 2 is 1.80 bits per heavy atom. The van der Waals surface area contributed by atoms with Crippen molar-refractivity contribution in [1.82, 2.24) is 4.90 Å². The third-order valence-corrected chi connectivity index (χ3v) is 3.64. The first-order valence-electron chi connectivity index (χ1n) is 7.87. The minimum Gasteiger partial charge on any atom is -0.480 e. The highest BCUT2D eigenvalue weighted by atomic mass is 16.4. The Kier molecular flexibility index (Phi) is 5.94. The number of carbonyl (C=O) groups excluding carboxylic acids is 2. The molecular formula is C18H20N2O5. The van der Waals surface area contributed by atoms with Crippen molar-refractivity contribution in [3.63, 3.8) is 0 Å². The summed E-state index contributed by atoms with van der Waals surface area (Å²) in [5.41, 5.74) is 0.653. The number of nitrogens with zero attached hydrogens (tertiary/aromatic N) is 2. The SMILES string of the molecule is CCCN(CC(=O)O)C(=O)c1ccccc1N(C)C(=O)c1ccco1. The number of para-hydroxylation sites is 1. The molecule has 0 saturated heterocycles. The molecule has 2 aromatic rings. The molecule has 7 heteroatoms. The van der Waals surface area contributed by atoms with E-state index in [9.17, 15) is 14.4 Å². The predicted octanol–water partition coefficient (Wildman–Crippen LogP) is 2.49. The first kappa shape index (κ1) is 18.3. The monoisotopic (exact) mass is 344 g/mol. The number of benzene rings is 1. The van der Waals surface area contributed by atoms with Crippen LogP contribution in [0.5, 0.6) is 0 Å². The average Bonchev–Trinajstić information content (AvgIpc) is 3.13. The van der Waals surface area contributed by atoms with Crippen molar-refractivity contribution in [2.45, 2.75) is 13.3 Å². The van der Waals surface area contributed by atoms with E-state index in [-0.39, 0.29) is 11.3 Å². The van der Waals surface area contributed by atoms with Crippen molar-refractivity contribution in [2.24, 2.45) is 0 Å². The highest BCUT2D eigenvalue weighted by Crippen LogP contribution is 2.23. The third-order valence-electron chi connectivity index (χ3n) is 3.64. The lowest BCUT2D eigenvalue weighted by Gasteiger charge is -2.24. The summed E-state index contributed by atoms with van der Waals surface area (Å²) < 4.78 is 5.11. The Hall–Kier alpha value is -3.09. The van der Waals surface area contributed by atoms with Crippen molar-refractivity contribution >= 4 is 23.5 Å². The molecule has 2 amide bonds. The number of hydrogen-bond acceptors (Lipinski definition) is 4. The summed E-state index contributed by atoms with van der Waals surface area (Å²) in [5, 5.41) is 9.03. The number of hydrogen-bond donors (Lipinski definition) is 1. The molecule has 0 fully saturated rings. The van der Waals surface area contributed by atoms with Gasteiger partial charge in [0.2, 0.25) is 0 Å². The van der Waals surface area contributed by atoms with Crippen LogP contribution >= 0.6 is 0 Å². The first-order valence-corrected chi connectivity index (χ1v) is 7.87. The summed E-state index contributed by atoms with van der Waals surface area (Å²) >= 11 is 0. The van der Waals surface area contributed by atoms with E-state index in [1.165, 1.54) is 22.1 Å². The van der Waals surface area contributed by atoms with E-state index >= 15 is 0 Å². The molecule has 0 aliphatic rings. The molecular weight excluding hydrogens is 324 g/mol. The van der Waals surface area contributed by atoms with E-state index < -0.39 is 24.3 Å². The molecule has 0 aliphatic carbocycles. The molecule has 1 heterocycles. The van der Waals surface area contributed by atoms with Crippen molar-refractivity contribution in [2.75, 3.05) is 25.0 Å². The first-order chi connectivity index (χ1) is 12.0. The molecule has 0 aliphatic heterocycles. The van der Waals surface area contributed by atoms with Gasteiger partial charge in [0.1, 0.15) is 6.54 Å². The standard InChI is InChI=1S/C18H20N2O5/c1-3-10-20(12-16(21)22)17(23)13-7-4-5-8-14(13)19(2)18(24)15-9-6-11-25-15/h4-9,11H,3,10,12H2,1-2H3,(H,21,22). The number of aliphatic carboxylic acids is 1. The molecule has 0 spiro atoms. The summed E-state index contributed by atoms with van der Waals surface area (Å²) in [6, 6.07) is 9.74. The molecule has 0 unspecified atom stereocenters. The minimum atomic E-state index is -1.08. The van der Waals surface area contributed by atoms with Crippen LogP contribution < -0.4 is 4.90 Å². The van der Waals surface area contributed by atoms with Crippen molar-refractivity contribution in [1.29, 1.82) is 0 Å². The molecule has 25 heavy (non-hydrogen) atoms. The van der Waals surface area contributed by atoms with Crippen LogP contribution in [-0.2, 0) is 4.79 Å². The van der Waals surface area contributed by atoms with Crippen LogP contribution in [0, 0.1) is 0 Å². The van der Waals surface area contributed by atoms with Crippen LogP contribution in [0.3, 0.4) is 0 Å².